The van der Waals surface area contributed by atoms with Gasteiger partial charge in [-0.3, -0.25) is 0 Å². The first-order chi connectivity index (χ1) is 6.79. The van der Waals surface area contributed by atoms with Gasteiger partial charge in [0.05, 0.1) is 6.10 Å². The van der Waals surface area contributed by atoms with Gasteiger partial charge in [-0.1, -0.05) is 24.3 Å². The van der Waals surface area contributed by atoms with E-state index in [2.05, 4.69) is 18.0 Å². The summed E-state index contributed by atoms with van der Waals surface area (Å²) in [6.07, 6.45) is 3.05. The van der Waals surface area contributed by atoms with Crippen LogP contribution in [0.5, 0.6) is 0 Å². The largest absolute Gasteiger partial charge is 0.393 e. The number of aliphatic hydroxyl groups is 1. The van der Waals surface area contributed by atoms with Gasteiger partial charge < -0.3 is 10.4 Å². The molecule has 0 aliphatic carbocycles. The first-order valence-electron chi connectivity index (χ1n) is 4.94. The molecule has 2 rings (SSSR count). The van der Waals surface area contributed by atoms with E-state index in [1.165, 1.54) is 5.56 Å². The van der Waals surface area contributed by atoms with Gasteiger partial charge in [-0.2, -0.15) is 0 Å². The van der Waals surface area contributed by atoms with Crippen molar-refractivity contribution in [2.75, 3.05) is 5.32 Å². The highest BCUT2D eigenvalue weighted by molar-refractivity contribution is 5.53. The third kappa shape index (κ3) is 1.80. The van der Waals surface area contributed by atoms with E-state index in [9.17, 15) is 5.11 Å². The molecular formula is C12H15NO. The van der Waals surface area contributed by atoms with Crippen molar-refractivity contribution in [2.45, 2.75) is 25.0 Å². The maximum Gasteiger partial charge on any atom is 0.0604 e. The molecule has 0 bridgehead atoms. The van der Waals surface area contributed by atoms with Crippen molar-refractivity contribution in [3.05, 3.63) is 42.5 Å². The van der Waals surface area contributed by atoms with Crippen molar-refractivity contribution in [3.8, 4) is 0 Å². The van der Waals surface area contributed by atoms with Crippen LogP contribution in [0.4, 0.5) is 5.69 Å². The molecule has 0 radical (unpaired) electrons. The van der Waals surface area contributed by atoms with Crippen LogP contribution in [0.15, 0.2) is 36.9 Å². The quantitative estimate of drug-likeness (QED) is 0.662. The Bertz CT molecular complexity index is 335. The first kappa shape index (κ1) is 9.28. The van der Waals surface area contributed by atoms with Crippen molar-refractivity contribution in [1.29, 1.82) is 0 Å². The topological polar surface area (TPSA) is 32.3 Å². The molecule has 0 spiro atoms. The summed E-state index contributed by atoms with van der Waals surface area (Å²) in [6.45, 7) is 3.76. The molecule has 0 amide bonds. The van der Waals surface area contributed by atoms with Crippen molar-refractivity contribution in [1.82, 2.24) is 0 Å². The normalized spacial score (nSPS) is 25.8. The van der Waals surface area contributed by atoms with E-state index >= 15 is 0 Å². The average Bonchev–Trinajstić information content (AvgIpc) is 2.35. The summed E-state index contributed by atoms with van der Waals surface area (Å²) >= 11 is 0. The minimum atomic E-state index is -0.269. The van der Waals surface area contributed by atoms with E-state index in [4.69, 9.17) is 0 Å². The third-order valence-electron chi connectivity index (χ3n) is 2.62. The Morgan fingerprint density at radius 2 is 2.21 bits per heavy atom. The van der Waals surface area contributed by atoms with Crippen LogP contribution in [-0.2, 0) is 6.42 Å². The number of nitrogens with one attached hydrogen (secondary N) is 1. The summed E-state index contributed by atoms with van der Waals surface area (Å²) in [7, 11) is 0. The lowest BCUT2D eigenvalue weighted by atomic mass is 10.0. The number of rotatable bonds is 1. The molecule has 0 unspecified atom stereocenters. The van der Waals surface area contributed by atoms with Crippen LogP contribution in [0.3, 0.4) is 0 Å². The van der Waals surface area contributed by atoms with Crippen molar-refractivity contribution < 1.29 is 5.11 Å². The number of hydrogen-bond donors (Lipinski definition) is 2. The average molecular weight is 189 g/mol. The van der Waals surface area contributed by atoms with Gasteiger partial charge in [0.1, 0.15) is 0 Å². The lowest BCUT2D eigenvalue weighted by Gasteiger charge is -2.14. The summed E-state index contributed by atoms with van der Waals surface area (Å²) in [5, 5.41) is 13.1. The molecule has 1 aliphatic rings. The van der Waals surface area contributed by atoms with E-state index in [1.807, 2.05) is 24.3 Å². The van der Waals surface area contributed by atoms with Crippen molar-refractivity contribution in [3.63, 3.8) is 0 Å². The summed E-state index contributed by atoms with van der Waals surface area (Å²) < 4.78 is 0. The van der Waals surface area contributed by atoms with E-state index in [1.54, 1.807) is 0 Å². The number of para-hydroxylation sites is 1. The smallest absolute Gasteiger partial charge is 0.0604 e. The molecule has 2 nitrogen and oxygen atoms in total. The van der Waals surface area contributed by atoms with Gasteiger partial charge in [0.25, 0.3) is 0 Å². The van der Waals surface area contributed by atoms with Crippen LogP contribution >= 0.6 is 0 Å². The fourth-order valence-corrected chi connectivity index (χ4v) is 1.88. The monoisotopic (exact) mass is 189 g/mol. The summed E-state index contributed by atoms with van der Waals surface area (Å²) in [6, 6.07) is 8.28. The molecule has 0 saturated heterocycles. The Hall–Kier alpha value is -1.28. The standard InChI is InChI=1S/C12H15NO/c1-2-10-8-11(14)7-9-5-3-4-6-12(9)13-10/h2-6,10-11,13-14H,1,7-8H2/t10-,11-/m1/s1. The summed E-state index contributed by atoms with van der Waals surface area (Å²) in [5.74, 6) is 0. The van der Waals surface area contributed by atoms with Crippen LogP contribution in [0.25, 0.3) is 0 Å². The van der Waals surface area contributed by atoms with Crippen LogP contribution in [0, 0.1) is 0 Å². The second-order valence-corrected chi connectivity index (χ2v) is 3.74. The number of aliphatic hydroxyl groups excluding tert-OH is 1. The molecule has 0 saturated carbocycles. The minimum absolute atomic E-state index is 0.175. The Labute approximate surface area is 84.3 Å². The predicted octanol–water partition coefficient (Wildman–Crippen LogP) is 1.96. The molecule has 0 aromatic heterocycles. The van der Waals surface area contributed by atoms with Crippen LogP contribution < -0.4 is 5.32 Å². The molecule has 1 aromatic carbocycles. The summed E-state index contributed by atoms with van der Waals surface area (Å²) in [4.78, 5) is 0. The second-order valence-electron chi connectivity index (χ2n) is 3.74. The fraction of sp³-hybridized carbons (Fsp3) is 0.333. The lowest BCUT2D eigenvalue weighted by Crippen LogP contribution is -2.20. The Morgan fingerprint density at radius 3 is 3.00 bits per heavy atom. The molecule has 14 heavy (non-hydrogen) atoms. The zero-order valence-corrected chi connectivity index (χ0v) is 8.11. The van der Waals surface area contributed by atoms with Gasteiger partial charge in [-0.25, -0.2) is 0 Å². The first-order valence-corrected chi connectivity index (χ1v) is 4.94. The second kappa shape index (κ2) is 3.84. The van der Waals surface area contributed by atoms with Gasteiger partial charge >= 0.3 is 0 Å². The van der Waals surface area contributed by atoms with Gasteiger partial charge in [-0.15, -0.1) is 6.58 Å². The zero-order valence-electron chi connectivity index (χ0n) is 8.11. The molecule has 2 atom stereocenters. The maximum atomic E-state index is 9.75. The molecule has 2 N–H and O–H groups in total. The number of fused-ring (bicyclic) bond motifs is 1. The highest BCUT2D eigenvalue weighted by atomic mass is 16.3. The molecule has 1 aromatic rings. The Morgan fingerprint density at radius 1 is 1.43 bits per heavy atom. The number of hydrogen-bond acceptors (Lipinski definition) is 2. The molecule has 2 heteroatoms. The fourth-order valence-electron chi connectivity index (χ4n) is 1.88. The van der Waals surface area contributed by atoms with E-state index < -0.39 is 0 Å². The maximum absolute atomic E-state index is 9.75. The lowest BCUT2D eigenvalue weighted by molar-refractivity contribution is 0.165. The van der Waals surface area contributed by atoms with Crippen LogP contribution in [0.2, 0.25) is 0 Å². The molecule has 1 aliphatic heterocycles. The van der Waals surface area contributed by atoms with Gasteiger partial charge in [0.15, 0.2) is 0 Å². The van der Waals surface area contributed by atoms with E-state index in [0.29, 0.717) is 0 Å². The SMILES string of the molecule is C=C[C@@H]1C[C@H](O)Cc2ccccc2N1. The predicted molar refractivity (Wildman–Crippen MR) is 58.4 cm³/mol. The van der Waals surface area contributed by atoms with Crippen LogP contribution in [-0.4, -0.2) is 17.3 Å². The van der Waals surface area contributed by atoms with Gasteiger partial charge in [0.2, 0.25) is 0 Å². The summed E-state index contributed by atoms with van der Waals surface area (Å²) in [5.41, 5.74) is 2.30. The van der Waals surface area contributed by atoms with Crippen molar-refractivity contribution in [2.24, 2.45) is 0 Å². The third-order valence-corrected chi connectivity index (χ3v) is 2.62. The number of anilines is 1. The molecule has 0 fully saturated rings. The molecule has 74 valence electrons. The highest BCUT2D eigenvalue weighted by Crippen LogP contribution is 2.23. The zero-order chi connectivity index (χ0) is 9.97. The van der Waals surface area contributed by atoms with Gasteiger partial charge in [-0.05, 0) is 18.1 Å². The highest BCUT2D eigenvalue weighted by Gasteiger charge is 2.18. The van der Waals surface area contributed by atoms with Crippen molar-refractivity contribution >= 4 is 5.69 Å². The molecular weight excluding hydrogens is 174 g/mol. The Balaban J connectivity index is 2.32. The van der Waals surface area contributed by atoms with Crippen LogP contribution in [0.1, 0.15) is 12.0 Å². The number of benzene rings is 1. The van der Waals surface area contributed by atoms with E-state index in [0.717, 1.165) is 18.5 Å². The Kier molecular flexibility index (Phi) is 2.55. The van der Waals surface area contributed by atoms with Gasteiger partial charge in [0, 0.05) is 18.2 Å². The molecule has 1 heterocycles. The van der Waals surface area contributed by atoms with E-state index in [-0.39, 0.29) is 12.1 Å². The minimum Gasteiger partial charge on any atom is -0.393 e.